The van der Waals surface area contributed by atoms with E-state index in [0.29, 0.717) is 24.8 Å². The highest BCUT2D eigenvalue weighted by Crippen LogP contribution is 2.38. The van der Waals surface area contributed by atoms with Gasteiger partial charge in [-0.1, -0.05) is 0 Å². The lowest BCUT2D eigenvalue weighted by molar-refractivity contribution is 0.00446. The predicted molar refractivity (Wildman–Crippen MR) is 127 cm³/mol. The molecule has 3 aromatic rings. The van der Waals surface area contributed by atoms with E-state index in [-0.39, 0.29) is 12.6 Å². The number of methoxy groups -OCH3 is 1. The first-order chi connectivity index (χ1) is 15.8. The van der Waals surface area contributed by atoms with Crippen LogP contribution in [0.1, 0.15) is 24.7 Å². The Kier molecular flexibility index (Phi) is 7.05. The van der Waals surface area contributed by atoms with Crippen LogP contribution in [0.15, 0.2) is 12.3 Å². The van der Waals surface area contributed by atoms with E-state index < -0.39 is 24.2 Å². The van der Waals surface area contributed by atoms with Gasteiger partial charge in [-0.3, -0.25) is 4.98 Å². The Bertz CT molecular complexity index is 1130. The SMILES string of the molecule is COC[C@@H](C)Nc1nc(C)c(-c2nc3c(C)nccc3s2)c(N[C@@H]2C[C@H](CO)[C@@H](O)[C@H]2O)n1. The summed E-state index contributed by atoms with van der Waals surface area (Å²) in [4.78, 5) is 18.5. The summed E-state index contributed by atoms with van der Waals surface area (Å²) in [6, 6.07) is 1.44. The molecule has 0 amide bonds. The molecule has 0 aliphatic heterocycles. The molecule has 1 aliphatic carbocycles. The van der Waals surface area contributed by atoms with Crippen LogP contribution in [0.4, 0.5) is 11.8 Å². The number of aliphatic hydroxyl groups is 3. The number of rotatable bonds is 8. The zero-order valence-electron chi connectivity index (χ0n) is 19.1. The highest BCUT2D eigenvalue weighted by molar-refractivity contribution is 7.21. The molecule has 1 fully saturated rings. The Morgan fingerprint density at radius 1 is 1.18 bits per heavy atom. The number of aryl methyl sites for hydroxylation is 2. The highest BCUT2D eigenvalue weighted by atomic mass is 32.1. The first-order valence-electron chi connectivity index (χ1n) is 10.9. The Morgan fingerprint density at radius 2 is 1.97 bits per heavy atom. The first kappa shape index (κ1) is 23.7. The van der Waals surface area contributed by atoms with E-state index in [4.69, 9.17) is 14.7 Å². The van der Waals surface area contributed by atoms with Crippen molar-refractivity contribution in [2.24, 2.45) is 5.92 Å². The van der Waals surface area contributed by atoms with Crippen molar-refractivity contribution in [1.29, 1.82) is 0 Å². The van der Waals surface area contributed by atoms with Crippen molar-refractivity contribution in [3.05, 3.63) is 23.7 Å². The maximum absolute atomic E-state index is 10.6. The van der Waals surface area contributed by atoms with Gasteiger partial charge in [-0.05, 0) is 33.3 Å². The minimum absolute atomic E-state index is 0.0121. The highest BCUT2D eigenvalue weighted by Gasteiger charge is 2.41. The fourth-order valence-corrected chi connectivity index (χ4v) is 5.33. The van der Waals surface area contributed by atoms with Crippen molar-refractivity contribution in [3.63, 3.8) is 0 Å². The van der Waals surface area contributed by atoms with Crippen LogP contribution >= 0.6 is 11.3 Å². The number of hydrogen-bond donors (Lipinski definition) is 5. The van der Waals surface area contributed by atoms with Crippen LogP contribution in [0.2, 0.25) is 0 Å². The van der Waals surface area contributed by atoms with Gasteiger partial charge in [-0.2, -0.15) is 4.98 Å². The minimum Gasteiger partial charge on any atom is -0.396 e. The largest absolute Gasteiger partial charge is 0.396 e. The molecule has 0 unspecified atom stereocenters. The van der Waals surface area contributed by atoms with E-state index in [1.54, 1.807) is 13.3 Å². The number of anilines is 2. The maximum Gasteiger partial charge on any atom is 0.225 e. The molecule has 3 heterocycles. The number of nitrogens with one attached hydrogen (secondary N) is 2. The van der Waals surface area contributed by atoms with Crippen LogP contribution in [0.3, 0.4) is 0 Å². The van der Waals surface area contributed by atoms with Crippen molar-refractivity contribution in [1.82, 2.24) is 19.9 Å². The third-order valence-electron chi connectivity index (χ3n) is 5.94. The zero-order chi connectivity index (χ0) is 23.7. The molecule has 0 aromatic carbocycles. The van der Waals surface area contributed by atoms with Gasteiger partial charge in [-0.15, -0.1) is 11.3 Å². The summed E-state index contributed by atoms with van der Waals surface area (Å²) in [5, 5.41) is 37.7. The van der Waals surface area contributed by atoms with Crippen LogP contribution in [0.25, 0.3) is 20.8 Å². The number of hydrogen-bond acceptors (Lipinski definition) is 11. The summed E-state index contributed by atoms with van der Waals surface area (Å²) >= 11 is 1.52. The van der Waals surface area contributed by atoms with Gasteiger partial charge in [0, 0.05) is 31.9 Å². The topological polar surface area (TPSA) is 146 Å². The van der Waals surface area contributed by atoms with Crippen molar-refractivity contribution in [2.45, 2.75) is 51.5 Å². The average Bonchev–Trinajstić information content (AvgIpc) is 3.31. The van der Waals surface area contributed by atoms with Gasteiger partial charge < -0.3 is 30.7 Å². The van der Waals surface area contributed by atoms with Gasteiger partial charge in [0.25, 0.3) is 0 Å². The fourth-order valence-electron chi connectivity index (χ4n) is 4.22. The van der Waals surface area contributed by atoms with E-state index in [1.807, 2.05) is 26.8 Å². The van der Waals surface area contributed by atoms with E-state index >= 15 is 0 Å². The smallest absolute Gasteiger partial charge is 0.225 e. The second-order valence-corrected chi connectivity index (χ2v) is 9.56. The van der Waals surface area contributed by atoms with Gasteiger partial charge in [0.05, 0.1) is 40.4 Å². The molecule has 4 rings (SSSR count). The third kappa shape index (κ3) is 4.78. The quantitative estimate of drug-likeness (QED) is 0.327. The molecule has 33 heavy (non-hydrogen) atoms. The molecule has 5 N–H and O–H groups in total. The summed E-state index contributed by atoms with van der Waals surface area (Å²) < 4.78 is 6.21. The summed E-state index contributed by atoms with van der Waals surface area (Å²) in [6.07, 6.45) is 0.135. The van der Waals surface area contributed by atoms with E-state index in [0.717, 1.165) is 32.2 Å². The first-order valence-corrected chi connectivity index (χ1v) is 11.7. The zero-order valence-corrected chi connectivity index (χ0v) is 19.9. The average molecular weight is 475 g/mol. The molecule has 11 heteroatoms. The van der Waals surface area contributed by atoms with Crippen molar-refractivity contribution in [2.75, 3.05) is 31.0 Å². The lowest BCUT2D eigenvalue weighted by atomic mass is 10.1. The lowest BCUT2D eigenvalue weighted by Crippen LogP contribution is -2.36. The summed E-state index contributed by atoms with van der Waals surface area (Å²) in [5.74, 6) is 0.530. The van der Waals surface area contributed by atoms with Gasteiger partial charge >= 0.3 is 0 Å². The van der Waals surface area contributed by atoms with Crippen molar-refractivity contribution in [3.8, 4) is 10.6 Å². The number of fused-ring (bicyclic) bond motifs is 1. The second-order valence-electron chi connectivity index (χ2n) is 8.53. The van der Waals surface area contributed by atoms with Crippen LogP contribution in [0.5, 0.6) is 0 Å². The van der Waals surface area contributed by atoms with Gasteiger partial charge in [0.1, 0.15) is 22.4 Å². The molecule has 3 aromatic heterocycles. The molecule has 0 radical (unpaired) electrons. The number of thiazole rings is 1. The standard InChI is InChI=1S/C22H30N6O4S/c1-10(9-32-4)24-22-25-11(2)16(21-27-17-12(3)23-6-5-15(17)33-21)20(28-22)26-14-7-13(8-29)18(30)19(14)31/h5-6,10,13-14,18-19,29-31H,7-9H2,1-4H3,(H2,24,25,26,28)/t10-,13-,14-,18-,19+/m1/s1. The van der Waals surface area contributed by atoms with Crippen molar-refractivity contribution < 1.29 is 20.1 Å². The normalized spacial score (nSPS) is 23.7. The summed E-state index contributed by atoms with van der Waals surface area (Å²) in [7, 11) is 1.63. The van der Waals surface area contributed by atoms with E-state index in [1.165, 1.54) is 11.3 Å². The number of pyridine rings is 1. The lowest BCUT2D eigenvalue weighted by Gasteiger charge is -2.22. The molecule has 1 aliphatic rings. The van der Waals surface area contributed by atoms with Crippen LogP contribution in [-0.4, -0.2) is 79.9 Å². The molecule has 1 saturated carbocycles. The molecule has 178 valence electrons. The van der Waals surface area contributed by atoms with E-state index in [2.05, 4.69) is 20.6 Å². The van der Waals surface area contributed by atoms with E-state index in [9.17, 15) is 15.3 Å². The third-order valence-corrected chi connectivity index (χ3v) is 6.98. The number of ether oxygens (including phenoxy) is 1. The Hall–Kier alpha value is -2.44. The van der Waals surface area contributed by atoms with Gasteiger partial charge in [-0.25, -0.2) is 9.97 Å². The molecular weight excluding hydrogens is 444 g/mol. The Labute approximate surface area is 196 Å². The van der Waals surface area contributed by atoms with Crippen LogP contribution in [-0.2, 0) is 4.74 Å². The minimum atomic E-state index is -1.03. The Morgan fingerprint density at radius 3 is 2.64 bits per heavy atom. The number of nitrogens with zero attached hydrogens (tertiary/aromatic N) is 4. The Balaban J connectivity index is 1.76. The van der Waals surface area contributed by atoms with Crippen LogP contribution < -0.4 is 10.6 Å². The summed E-state index contributed by atoms with van der Waals surface area (Å²) in [6.45, 7) is 6.07. The maximum atomic E-state index is 10.6. The van der Waals surface area contributed by atoms with Gasteiger partial charge in [0.2, 0.25) is 5.95 Å². The molecule has 10 nitrogen and oxygen atoms in total. The molecule has 0 bridgehead atoms. The molecular formula is C22H30N6O4S. The van der Waals surface area contributed by atoms with Gasteiger partial charge in [0.15, 0.2) is 0 Å². The van der Waals surface area contributed by atoms with Crippen molar-refractivity contribution >= 4 is 33.3 Å². The molecule has 5 atom stereocenters. The predicted octanol–water partition coefficient (Wildman–Crippen LogP) is 1.73. The number of aromatic nitrogens is 4. The second kappa shape index (κ2) is 9.82. The molecule has 0 saturated heterocycles. The monoisotopic (exact) mass is 474 g/mol. The van der Waals surface area contributed by atoms with Crippen LogP contribution in [0, 0.1) is 19.8 Å². The molecule has 0 spiro atoms. The number of aliphatic hydroxyl groups excluding tert-OH is 3. The fraction of sp³-hybridized carbons (Fsp3) is 0.545. The summed E-state index contributed by atoms with van der Waals surface area (Å²) in [5.41, 5.74) is 3.12.